The maximum atomic E-state index is 4.65. The Morgan fingerprint density at radius 1 is 1.05 bits per heavy atom. The Balaban J connectivity index is 2.81. The third kappa shape index (κ3) is 6.29. The summed E-state index contributed by atoms with van der Waals surface area (Å²) in [5, 5.41) is 6.76. The van der Waals surface area contributed by atoms with Crippen LogP contribution in [0.5, 0.6) is 0 Å². The van der Waals surface area contributed by atoms with E-state index in [4.69, 9.17) is 0 Å². The predicted molar refractivity (Wildman–Crippen MR) is 91.2 cm³/mol. The molecule has 1 aromatic heterocycles. The van der Waals surface area contributed by atoms with Gasteiger partial charge in [-0.2, -0.15) is 0 Å². The highest BCUT2D eigenvalue weighted by atomic mass is 15.1. The van der Waals surface area contributed by atoms with Crippen LogP contribution in [0.3, 0.4) is 0 Å². The van der Waals surface area contributed by atoms with E-state index in [9.17, 15) is 0 Å². The second-order valence-corrected chi connectivity index (χ2v) is 6.46. The lowest BCUT2D eigenvalue weighted by atomic mass is 9.96. The summed E-state index contributed by atoms with van der Waals surface area (Å²) in [5.41, 5.74) is -0.0550. The van der Waals surface area contributed by atoms with E-state index >= 15 is 0 Å². The molecule has 5 nitrogen and oxygen atoms in total. The molecule has 0 spiro atoms. The molecule has 5 heteroatoms. The van der Waals surface area contributed by atoms with Crippen LogP contribution >= 0.6 is 0 Å². The number of hydrogen-bond acceptors (Lipinski definition) is 5. The maximum absolute atomic E-state index is 4.65. The van der Waals surface area contributed by atoms with Crippen LogP contribution in [-0.4, -0.2) is 48.1 Å². The number of rotatable bonds is 8. The van der Waals surface area contributed by atoms with Crippen LogP contribution in [0.15, 0.2) is 6.07 Å². The zero-order valence-corrected chi connectivity index (χ0v) is 14.5. The minimum atomic E-state index is -0.0550. The van der Waals surface area contributed by atoms with Crippen LogP contribution in [-0.2, 0) is 5.41 Å². The lowest BCUT2D eigenvalue weighted by Gasteiger charge is -2.20. The second-order valence-electron chi connectivity index (χ2n) is 6.46. The third-order valence-electron chi connectivity index (χ3n) is 3.29. The van der Waals surface area contributed by atoms with Gasteiger partial charge in [0.1, 0.15) is 17.5 Å². The Morgan fingerprint density at radius 3 is 2.10 bits per heavy atom. The van der Waals surface area contributed by atoms with Gasteiger partial charge in [0.25, 0.3) is 0 Å². The third-order valence-corrected chi connectivity index (χ3v) is 3.29. The normalized spacial score (nSPS) is 11.8. The summed E-state index contributed by atoms with van der Waals surface area (Å²) in [5.74, 6) is 2.68. The molecule has 120 valence electrons. The summed E-state index contributed by atoms with van der Waals surface area (Å²) >= 11 is 0. The van der Waals surface area contributed by atoms with Crippen molar-refractivity contribution < 1.29 is 0 Å². The number of nitrogens with one attached hydrogen (secondary N) is 2. The van der Waals surface area contributed by atoms with Crippen molar-refractivity contribution in [1.29, 1.82) is 0 Å². The van der Waals surface area contributed by atoms with E-state index < -0.39 is 0 Å². The largest absolute Gasteiger partial charge is 0.370 e. The van der Waals surface area contributed by atoms with Crippen LogP contribution in [0.4, 0.5) is 11.6 Å². The fraction of sp³-hybridized carbons (Fsp3) is 0.750. The highest BCUT2D eigenvalue weighted by molar-refractivity contribution is 5.48. The van der Waals surface area contributed by atoms with Gasteiger partial charge < -0.3 is 15.5 Å². The quantitative estimate of drug-likeness (QED) is 0.772. The molecular weight excluding hydrogens is 262 g/mol. The summed E-state index contributed by atoms with van der Waals surface area (Å²) in [7, 11) is 2.12. The van der Waals surface area contributed by atoms with Gasteiger partial charge in [0.15, 0.2) is 0 Å². The number of aromatic nitrogens is 2. The zero-order valence-electron chi connectivity index (χ0n) is 14.5. The van der Waals surface area contributed by atoms with Crippen molar-refractivity contribution in [2.75, 3.05) is 43.9 Å². The molecule has 0 unspecified atom stereocenters. The molecule has 0 saturated carbocycles. The van der Waals surface area contributed by atoms with Gasteiger partial charge >= 0.3 is 0 Å². The van der Waals surface area contributed by atoms with Crippen molar-refractivity contribution >= 4 is 11.6 Å². The summed E-state index contributed by atoms with van der Waals surface area (Å²) in [6, 6.07) is 2.00. The van der Waals surface area contributed by atoms with Gasteiger partial charge in [-0.15, -0.1) is 0 Å². The fourth-order valence-corrected chi connectivity index (χ4v) is 1.75. The molecule has 21 heavy (non-hydrogen) atoms. The molecule has 0 saturated heterocycles. The van der Waals surface area contributed by atoms with E-state index in [-0.39, 0.29) is 5.41 Å². The van der Waals surface area contributed by atoms with Gasteiger partial charge in [-0.3, -0.25) is 0 Å². The summed E-state index contributed by atoms with van der Waals surface area (Å²) in [6.45, 7) is 14.6. The van der Waals surface area contributed by atoms with Crippen molar-refractivity contribution in [3.63, 3.8) is 0 Å². The number of anilines is 2. The monoisotopic (exact) mass is 293 g/mol. The Hall–Kier alpha value is -1.36. The van der Waals surface area contributed by atoms with Crippen molar-refractivity contribution in [1.82, 2.24) is 14.9 Å². The molecule has 0 aliphatic rings. The SMILES string of the molecule is CCCNc1cc(NCCN(C)CC)nc(C(C)(C)C)n1. The minimum absolute atomic E-state index is 0.0550. The topological polar surface area (TPSA) is 53.1 Å². The molecule has 0 fully saturated rings. The Morgan fingerprint density at radius 2 is 1.62 bits per heavy atom. The van der Waals surface area contributed by atoms with E-state index in [1.54, 1.807) is 0 Å². The molecule has 1 heterocycles. The smallest absolute Gasteiger partial charge is 0.138 e. The summed E-state index contributed by atoms with van der Waals surface area (Å²) in [6.07, 6.45) is 1.08. The zero-order chi connectivity index (χ0) is 15.9. The van der Waals surface area contributed by atoms with Gasteiger partial charge in [0.05, 0.1) is 0 Å². The molecule has 1 rings (SSSR count). The van der Waals surface area contributed by atoms with Gasteiger partial charge in [-0.1, -0.05) is 34.6 Å². The molecule has 0 aliphatic heterocycles. The van der Waals surface area contributed by atoms with Crippen LogP contribution in [0.2, 0.25) is 0 Å². The predicted octanol–water partition coefficient (Wildman–Crippen LogP) is 2.96. The molecule has 2 N–H and O–H groups in total. The van der Waals surface area contributed by atoms with Gasteiger partial charge in [-0.05, 0) is 20.0 Å². The standard InChI is InChI=1S/C16H31N5/c1-7-9-17-13-12-14(18-10-11-21(6)8-2)20-15(19-13)16(3,4)5/h12H,7-11H2,1-6H3,(H2,17,18,19,20). The summed E-state index contributed by atoms with van der Waals surface area (Å²) < 4.78 is 0. The molecule has 0 aliphatic carbocycles. The Labute approximate surface area is 129 Å². The van der Waals surface area contributed by atoms with Crippen molar-refractivity contribution in [2.24, 2.45) is 0 Å². The van der Waals surface area contributed by atoms with Crippen molar-refractivity contribution in [3.8, 4) is 0 Å². The Kier molecular flexibility index (Phi) is 6.89. The van der Waals surface area contributed by atoms with E-state index in [0.717, 1.165) is 50.1 Å². The average molecular weight is 293 g/mol. The first-order valence-electron chi connectivity index (χ1n) is 7.92. The van der Waals surface area contributed by atoms with Crippen molar-refractivity contribution in [2.45, 2.75) is 46.5 Å². The van der Waals surface area contributed by atoms with Crippen LogP contribution in [0, 0.1) is 0 Å². The van der Waals surface area contributed by atoms with Crippen LogP contribution < -0.4 is 10.6 Å². The lowest BCUT2D eigenvalue weighted by Crippen LogP contribution is -2.25. The first kappa shape index (κ1) is 17.7. The molecular formula is C16H31N5. The van der Waals surface area contributed by atoms with E-state index in [1.165, 1.54) is 0 Å². The molecule has 0 amide bonds. The second kappa shape index (κ2) is 8.17. The summed E-state index contributed by atoms with van der Waals surface area (Å²) in [4.78, 5) is 11.6. The number of likely N-dealkylation sites (N-methyl/N-ethyl adjacent to an activating group) is 1. The van der Waals surface area contributed by atoms with Gasteiger partial charge in [-0.25, -0.2) is 9.97 Å². The first-order valence-corrected chi connectivity index (χ1v) is 7.92. The van der Waals surface area contributed by atoms with Gasteiger partial charge in [0, 0.05) is 31.1 Å². The average Bonchev–Trinajstić information content (AvgIpc) is 2.43. The molecule has 1 aromatic rings. The Bertz CT molecular complexity index is 425. The minimum Gasteiger partial charge on any atom is -0.370 e. The lowest BCUT2D eigenvalue weighted by molar-refractivity contribution is 0.367. The highest BCUT2D eigenvalue weighted by Crippen LogP contribution is 2.22. The molecule has 0 bridgehead atoms. The fourth-order valence-electron chi connectivity index (χ4n) is 1.75. The van der Waals surface area contributed by atoms with E-state index in [2.05, 4.69) is 67.2 Å². The van der Waals surface area contributed by atoms with Crippen LogP contribution in [0.25, 0.3) is 0 Å². The van der Waals surface area contributed by atoms with E-state index in [0.29, 0.717) is 0 Å². The first-order chi connectivity index (χ1) is 9.86. The van der Waals surface area contributed by atoms with Crippen LogP contribution in [0.1, 0.15) is 46.9 Å². The number of hydrogen-bond donors (Lipinski definition) is 2. The van der Waals surface area contributed by atoms with E-state index in [1.807, 2.05) is 6.07 Å². The van der Waals surface area contributed by atoms with Crippen molar-refractivity contribution in [3.05, 3.63) is 11.9 Å². The highest BCUT2D eigenvalue weighted by Gasteiger charge is 2.19. The number of nitrogens with zero attached hydrogens (tertiary/aromatic N) is 3. The van der Waals surface area contributed by atoms with Gasteiger partial charge in [0.2, 0.25) is 0 Å². The maximum Gasteiger partial charge on any atom is 0.138 e. The molecule has 0 radical (unpaired) electrons. The molecule has 0 atom stereocenters. The molecule has 0 aromatic carbocycles.